The molecule has 100 valence electrons. The number of pyridine rings is 1. The van der Waals surface area contributed by atoms with E-state index in [1.165, 1.54) is 5.56 Å². The largest absolute Gasteiger partial charge is 0.353 e. The summed E-state index contributed by atoms with van der Waals surface area (Å²) in [5.74, 6) is 1.03. The van der Waals surface area contributed by atoms with Gasteiger partial charge in [-0.2, -0.15) is 0 Å². The molecule has 0 radical (unpaired) electrons. The number of aromatic nitrogens is 1. The quantitative estimate of drug-likeness (QED) is 0.750. The molecular weight excluding hydrogens is 222 g/mol. The topological polar surface area (TPSA) is 28.2 Å². The van der Waals surface area contributed by atoms with Crippen LogP contribution < -0.4 is 10.2 Å². The molecular formula is C15H25N3. The first-order valence-corrected chi connectivity index (χ1v) is 6.67. The molecule has 1 atom stereocenters. The zero-order valence-corrected chi connectivity index (χ0v) is 12.0. The van der Waals surface area contributed by atoms with Crippen molar-refractivity contribution in [2.75, 3.05) is 24.5 Å². The molecule has 0 saturated heterocycles. The molecule has 1 aromatic heterocycles. The second-order valence-corrected chi connectivity index (χ2v) is 4.70. The SMILES string of the molecule is C=C(C)CN(CC)c1cc(C(C)NCC)ccn1. The van der Waals surface area contributed by atoms with E-state index in [-0.39, 0.29) is 0 Å². The summed E-state index contributed by atoms with van der Waals surface area (Å²) >= 11 is 0. The lowest BCUT2D eigenvalue weighted by Crippen LogP contribution is -2.26. The first-order valence-electron chi connectivity index (χ1n) is 6.67. The third-order valence-electron chi connectivity index (χ3n) is 2.95. The Bertz CT molecular complexity index is 387. The zero-order valence-electron chi connectivity index (χ0n) is 12.0. The van der Waals surface area contributed by atoms with Gasteiger partial charge in [-0.05, 0) is 45.0 Å². The van der Waals surface area contributed by atoms with Crippen molar-refractivity contribution in [3.05, 3.63) is 36.0 Å². The van der Waals surface area contributed by atoms with Crippen LogP contribution in [0.25, 0.3) is 0 Å². The Kier molecular flexibility index (Phi) is 5.86. The number of nitrogens with zero attached hydrogens (tertiary/aromatic N) is 2. The van der Waals surface area contributed by atoms with E-state index in [1.54, 1.807) is 0 Å². The number of likely N-dealkylation sites (N-methyl/N-ethyl adjacent to an activating group) is 1. The fourth-order valence-corrected chi connectivity index (χ4v) is 1.98. The van der Waals surface area contributed by atoms with Crippen LogP contribution in [-0.4, -0.2) is 24.6 Å². The smallest absolute Gasteiger partial charge is 0.129 e. The van der Waals surface area contributed by atoms with E-state index in [4.69, 9.17) is 0 Å². The van der Waals surface area contributed by atoms with Crippen LogP contribution in [0.4, 0.5) is 5.82 Å². The minimum absolute atomic E-state index is 0.361. The molecule has 0 fully saturated rings. The van der Waals surface area contributed by atoms with E-state index in [0.717, 1.165) is 31.0 Å². The van der Waals surface area contributed by atoms with Crippen LogP contribution in [0.3, 0.4) is 0 Å². The first-order chi connectivity index (χ1) is 8.58. The van der Waals surface area contributed by atoms with Crippen LogP contribution >= 0.6 is 0 Å². The second-order valence-electron chi connectivity index (χ2n) is 4.70. The van der Waals surface area contributed by atoms with Crippen molar-refractivity contribution in [1.82, 2.24) is 10.3 Å². The van der Waals surface area contributed by atoms with Crippen LogP contribution in [-0.2, 0) is 0 Å². The fourth-order valence-electron chi connectivity index (χ4n) is 1.98. The lowest BCUT2D eigenvalue weighted by molar-refractivity contribution is 0.597. The van der Waals surface area contributed by atoms with Gasteiger partial charge in [-0.1, -0.05) is 19.1 Å². The fraction of sp³-hybridized carbons (Fsp3) is 0.533. The highest BCUT2D eigenvalue weighted by Gasteiger charge is 2.09. The Morgan fingerprint density at radius 3 is 2.78 bits per heavy atom. The third kappa shape index (κ3) is 4.15. The molecule has 0 amide bonds. The molecule has 1 rings (SSSR count). The molecule has 1 N–H and O–H groups in total. The standard InChI is InChI=1S/C15H25N3/c1-6-16-13(5)14-8-9-17-15(10-14)18(7-2)11-12(3)4/h8-10,13,16H,3,6-7,11H2,1-2,4-5H3. The van der Waals surface area contributed by atoms with Gasteiger partial charge in [0.1, 0.15) is 5.82 Å². The molecule has 1 unspecified atom stereocenters. The Morgan fingerprint density at radius 2 is 2.22 bits per heavy atom. The summed E-state index contributed by atoms with van der Waals surface area (Å²) in [6, 6.07) is 4.60. The Labute approximate surface area is 111 Å². The normalized spacial score (nSPS) is 12.2. The van der Waals surface area contributed by atoms with Gasteiger partial charge in [0.05, 0.1) is 0 Å². The molecule has 0 aliphatic rings. The third-order valence-corrected chi connectivity index (χ3v) is 2.95. The van der Waals surface area contributed by atoms with Crippen molar-refractivity contribution in [2.45, 2.75) is 33.7 Å². The van der Waals surface area contributed by atoms with Crippen molar-refractivity contribution in [1.29, 1.82) is 0 Å². The Hall–Kier alpha value is -1.35. The zero-order chi connectivity index (χ0) is 13.5. The molecule has 0 saturated carbocycles. The maximum Gasteiger partial charge on any atom is 0.129 e. The van der Waals surface area contributed by atoms with E-state index < -0.39 is 0 Å². The molecule has 1 aromatic rings. The Morgan fingerprint density at radius 1 is 1.50 bits per heavy atom. The number of hydrogen-bond donors (Lipinski definition) is 1. The highest BCUT2D eigenvalue weighted by Crippen LogP contribution is 2.18. The predicted octanol–water partition coefficient (Wildman–Crippen LogP) is 3.15. The molecule has 0 spiro atoms. The van der Waals surface area contributed by atoms with Crippen molar-refractivity contribution < 1.29 is 0 Å². The summed E-state index contributed by atoms with van der Waals surface area (Å²) in [5, 5.41) is 3.42. The molecule has 0 bridgehead atoms. The summed E-state index contributed by atoms with van der Waals surface area (Å²) in [6.07, 6.45) is 1.89. The molecule has 0 aliphatic heterocycles. The van der Waals surface area contributed by atoms with E-state index in [0.29, 0.717) is 6.04 Å². The number of hydrogen-bond acceptors (Lipinski definition) is 3. The molecule has 0 aromatic carbocycles. The molecule has 3 heteroatoms. The van der Waals surface area contributed by atoms with Crippen molar-refractivity contribution in [3.63, 3.8) is 0 Å². The van der Waals surface area contributed by atoms with Crippen LogP contribution in [0.5, 0.6) is 0 Å². The number of anilines is 1. The van der Waals surface area contributed by atoms with E-state index in [1.807, 2.05) is 13.1 Å². The summed E-state index contributed by atoms with van der Waals surface area (Å²) in [4.78, 5) is 6.70. The summed E-state index contributed by atoms with van der Waals surface area (Å²) in [7, 11) is 0. The van der Waals surface area contributed by atoms with Gasteiger partial charge < -0.3 is 10.2 Å². The number of rotatable bonds is 7. The van der Waals surface area contributed by atoms with Crippen molar-refractivity contribution in [2.24, 2.45) is 0 Å². The number of nitrogens with one attached hydrogen (secondary N) is 1. The lowest BCUT2D eigenvalue weighted by atomic mass is 10.1. The average molecular weight is 247 g/mol. The lowest BCUT2D eigenvalue weighted by Gasteiger charge is -2.23. The van der Waals surface area contributed by atoms with Gasteiger partial charge in [0.25, 0.3) is 0 Å². The van der Waals surface area contributed by atoms with Crippen LogP contribution in [0.2, 0.25) is 0 Å². The summed E-state index contributed by atoms with van der Waals surface area (Å²) < 4.78 is 0. The maximum absolute atomic E-state index is 4.46. The van der Waals surface area contributed by atoms with Crippen molar-refractivity contribution in [3.8, 4) is 0 Å². The first kappa shape index (κ1) is 14.7. The Balaban J connectivity index is 2.88. The molecule has 18 heavy (non-hydrogen) atoms. The van der Waals surface area contributed by atoms with Gasteiger partial charge in [0.2, 0.25) is 0 Å². The van der Waals surface area contributed by atoms with E-state index in [2.05, 4.69) is 54.7 Å². The van der Waals surface area contributed by atoms with Gasteiger partial charge in [-0.15, -0.1) is 0 Å². The van der Waals surface area contributed by atoms with Gasteiger partial charge >= 0.3 is 0 Å². The minimum Gasteiger partial charge on any atom is -0.353 e. The average Bonchev–Trinajstić information content (AvgIpc) is 2.36. The highest BCUT2D eigenvalue weighted by atomic mass is 15.2. The van der Waals surface area contributed by atoms with E-state index >= 15 is 0 Å². The van der Waals surface area contributed by atoms with Crippen molar-refractivity contribution >= 4 is 5.82 Å². The van der Waals surface area contributed by atoms with E-state index in [9.17, 15) is 0 Å². The molecule has 0 aliphatic carbocycles. The van der Waals surface area contributed by atoms with Gasteiger partial charge in [-0.3, -0.25) is 0 Å². The van der Waals surface area contributed by atoms with Gasteiger partial charge in [0, 0.05) is 25.3 Å². The minimum atomic E-state index is 0.361. The van der Waals surface area contributed by atoms with Crippen LogP contribution in [0.15, 0.2) is 30.5 Å². The highest BCUT2D eigenvalue weighted by molar-refractivity contribution is 5.42. The summed E-state index contributed by atoms with van der Waals surface area (Å²) in [6.45, 7) is 15.2. The monoisotopic (exact) mass is 247 g/mol. The van der Waals surface area contributed by atoms with Gasteiger partial charge in [0.15, 0.2) is 0 Å². The second kappa shape index (κ2) is 7.17. The molecule has 1 heterocycles. The van der Waals surface area contributed by atoms with Crippen LogP contribution in [0, 0.1) is 0 Å². The summed E-state index contributed by atoms with van der Waals surface area (Å²) in [5.41, 5.74) is 2.44. The predicted molar refractivity (Wildman–Crippen MR) is 79.0 cm³/mol. The van der Waals surface area contributed by atoms with Crippen LogP contribution in [0.1, 0.15) is 39.3 Å². The maximum atomic E-state index is 4.46. The van der Waals surface area contributed by atoms with Gasteiger partial charge in [-0.25, -0.2) is 4.98 Å². The molecule has 3 nitrogen and oxygen atoms in total.